The molecule has 1 rings (SSSR count). The van der Waals surface area contributed by atoms with Crippen molar-refractivity contribution >= 4 is 7.60 Å². The van der Waals surface area contributed by atoms with E-state index in [1.54, 1.807) is 0 Å². The summed E-state index contributed by atoms with van der Waals surface area (Å²) in [5.74, 6) is 0. The van der Waals surface area contributed by atoms with Crippen molar-refractivity contribution in [2.45, 2.75) is 65.0 Å². The molecule has 1 aromatic carbocycles. The molecule has 0 aliphatic rings. The second-order valence-corrected chi connectivity index (χ2v) is 8.33. The van der Waals surface area contributed by atoms with E-state index in [1.165, 1.54) is 37.7 Å². The van der Waals surface area contributed by atoms with Crippen LogP contribution in [0.25, 0.3) is 0 Å². The molecule has 25 heavy (non-hydrogen) atoms. The number of ether oxygens (including phenoxy) is 1. The maximum atomic E-state index is 10.7. The highest BCUT2D eigenvalue weighted by molar-refractivity contribution is 7.51. The summed E-state index contributed by atoms with van der Waals surface area (Å²) < 4.78 is 16.5. The molecule has 5 nitrogen and oxygen atoms in total. The molecule has 0 heterocycles. The lowest BCUT2D eigenvalue weighted by atomic mass is 10.1. The number of unbranched alkanes of at least 4 members (excludes halogenated alkanes) is 5. The Morgan fingerprint density at radius 3 is 2.28 bits per heavy atom. The van der Waals surface area contributed by atoms with Gasteiger partial charge in [0.1, 0.15) is 0 Å². The maximum Gasteiger partial charge on any atom is 0.325 e. The number of hydrogen-bond donors (Lipinski definition) is 3. The monoisotopic (exact) mass is 371 g/mol. The number of benzene rings is 1. The lowest BCUT2D eigenvalue weighted by Gasteiger charge is -2.08. The van der Waals surface area contributed by atoms with E-state index in [0.29, 0.717) is 26.1 Å². The Labute approximate surface area is 152 Å². The van der Waals surface area contributed by atoms with E-state index in [0.717, 1.165) is 18.6 Å². The van der Waals surface area contributed by atoms with Crippen molar-refractivity contribution in [3.63, 3.8) is 0 Å². The summed E-state index contributed by atoms with van der Waals surface area (Å²) in [5.41, 5.74) is 2.34. The predicted octanol–water partition coefficient (Wildman–Crippen LogP) is 4.22. The summed E-state index contributed by atoms with van der Waals surface area (Å²) in [5, 5.41) is 3.20. The van der Waals surface area contributed by atoms with Gasteiger partial charge in [-0.3, -0.25) is 4.57 Å². The molecule has 0 aliphatic heterocycles. The maximum absolute atomic E-state index is 10.7. The largest absolute Gasteiger partial charge is 0.377 e. The van der Waals surface area contributed by atoms with Crippen LogP contribution in [-0.2, 0) is 22.5 Å². The molecule has 0 radical (unpaired) electrons. The summed E-state index contributed by atoms with van der Waals surface area (Å²) in [4.78, 5) is 17.6. The minimum absolute atomic E-state index is 0.0606. The molecule has 1 aromatic rings. The molecule has 0 amide bonds. The molecule has 0 fully saturated rings. The third-order valence-corrected chi connectivity index (χ3v) is 4.96. The Balaban J connectivity index is 2.06. The first-order valence-corrected chi connectivity index (χ1v) is 11.2. The first-order chi connectivity index (χ1) is 12.0. The van der Waals surface area contributed by atoms with Gasteiger partial charge in [0.2, 0.25) is 0 Å². The Bertz CT molecular complexity index is 487. The van der Waals surface area contributed by atoms with E-state index in [1.807, 2.05) is 0 Å². The van der Waals surface area contributed by atoms with Gasteiger partial charge in [-0.05, 0) is 30.5 Å². The van der Waals surface area contributed by atoms with Crippen molar-refractivity contribution in [3.05, 3.63) is 35.4 Å². The van der Waals surface area contributed by atoms with E-state index >= 15 is 0 Å². The Kier molecular flexibility index (Phi) is 12.0. The van der Waals surface area contributed by atoms with Crippen LogP contribution in [0.1, 0.15) is 63.0 Å². The summed E-state index contributed by atoms with van der Waals surface area (Å²) in [6, 6.07) is 8.29. The predicted molar refractivity (Wildman–Crippen MR) is 103 cm³/mol. The second-order valence-electron chi connectivity index (χ2n) is 6.56. The summed E-state index contributed by atoms with van der Waals surface area (Å²) in [6.07, 6.45) is 8.09. The molecule has 0 unspecified atom stereocenters. The SMILES string of the molecule is CCCCCCCCOCc1ccc(CNCCCP(=O)(O)O)cc1. The highest BCUT2D eigenvalue weighted by atomic mass is 31.2. The van der Waals surface area contributed by atoms with Crippen molar-refractivity contribution < 1.29 is 19.1 Å². The van der Waals surface area contributed by atoms with Gasteiger partial charge in [0.15, 0.2) is 0 Å². The number of nitrogens with one attached hydrogen (secondary N) is 1. The van der Waals surface area contributed by atoms with Gasteiger partial charge in [-0.25, -0.2) is 0 Å². The van der Waals surface area contributed by atoms with Crippen molar-refractivity contribution in [1.29, 1.82) is 0 Å². The van der Waals surface area contributed by atoms with Gasteiger partial charge in [-0.1, -0.05) is 63.3 Å². The number of hydrogen-bond acceptors (Lipinski definition) is 3. The first kappa shape index (κ1) is 22.3. The normalized spacial score (nSPS) is 11.8. The zero-order valence-electron chi connectivity index (χ0n) is 15.5. The Hall–Kier alpha value is -0.710. The van der Waals surface area contributed by atoms with E-state index in [9.17, 15) is 4.57 Å². The zero-order chi connectivity index (χ0) is 18.4. The number of rotatable bonds is 15. The molecule has 3 N–H and O–H groups in total. The van der Waals surface area contributed by atoms with Crippen molar-refractivity contribution in [2.24, 2.45) is 0 Å². The van der Waals surface area contributed by atoms with Crippen LogP contribution in [0.4, 0.5) is 0 Å². The van der Waals surface area contributed by atoms with Crippen LogP contribution in [0.5, 0.6) is 0 Å². The lowest BCUT2D eigenvalue weighted by Crippen LogP contribution is -2.15. The van der Waals surface area contributed by atoms with Crippen LogP contribution in [0.3, 0.4) is 0 Å². The molecule has 0 aromatic heterocycles. The molecule has 6 heteroatoms. The van der Waals surface area contributed by atoms with Crippen LogP contribution in [0.15, 0.2) is 24.3 Å². The van der Waals surface area contributed by atoms with Crippen molar-refractivity contribution in [3.8, 4) is 0 Å². The second kappa shape index (κ2) is 13.5. The minimum Gasteiger partial charge on any atom is -0.377 e. The quantitative estimate of drug-likeness (QED) is 0.318. The lowest BCUT2D eigenvalue weighted by molar-refractivity contribution is 0.116. The Morgan fingerprint density at radius 1 is 0.960 bits per heavy atom. The van der Waals surface area contributed by atoms with Crippen molar-refractivity contribution in [1.82, 2.24) is 5.32 Å². The molecule has 0 aliphatic carbocycles. The summed E-state index contributed by atoms with van der Waals surface area (Å²) in [6.45, 7) is 5.03. The highest BCUT2D eigenvalue weighted by Gasteiger charge is 2.10. The van der Waals surface area contributed by atoms with E-state index in [-0.39, 0.29) is 6.16 Å². The average Bonchev–Trinajstić information content (AvgIpc) is 2.57. The fourth-order valence-electron chi connectivity index (χ4n) is 2.57. The highest BCUT2D eigenvalue weighted by Crippen LogP contribution is 2.34. The van der Waals surface area contributed by atoms with Gasteiger partial charge in [0.05, 0.1) is 12.8 Å². The topological polar surface area (TPSA) is 78.8 Å². The van der Waals surface area contributed by atoms with Crippen LogP contribution >= 0.6 is 7.60 Å². The van der Waals surface area contributed by atoms with E-state index < -0.39 is 7.60 Å². The van der Waals surface area contributed by atoms with Crippen LogP contribution < -0.4 is 5.32 Å². The summed E-state index contributed by atoms with van der Waals surface area (Å²) in [7, 11) is -3.86. The van der Waals surface area contributed by atoms with Gasteiger partial charge in [-0.15, -0.1) is 0 Å². The fourth-order valence-corrected chi connectivity index (χ4v) is 3.14. The summed E-state index contributed by atoms with van der Waals surface area (Å²) >= 11 is 0. The molecule has 0 saturated carbocycles. The smallest absolute Gasteiger partial charge is 0.325 e. The average molecular weight is 371 g/mol. The molecule has 0 bridgehead atoms. The van der Waals surface area contributed by atoms with Gasteiger partial charge in [0, 0.05) is 13.2 Å². The Morgan fingerprint density at radius 2 is 1.60 bits per heavy atom. The van der Waals surface area contributed by atoms with Crippen LogP contribution in [0.2, 0.25) is 0 Å². The van der Waals surface area contributed by atoms with Gasteiger partial charge < -0.3 is 19.8 Å². The fraction of sp³-hybridized carbons (Fsp3) is 0.684. The van der Waals surface area contributed by atoms with E-state index in [4.69, 9.17) is 14.5 Å². The van der Waals surface area contributed by atoms with Crippen molar-refractivity contribution in [2.75, 3.05) is 19.3 Å². The minimum atomic E-state index is -3.86. The zero-order valence-corrected chi connectivity index (χ0v) is 16.3. The van der Waals surface area contributed by atoms with Crippen LogP contribution in [-0.4, -0.2) is 29.1 Å². The third kappa shape index (κ3) is 13.2. The molecular formula is C19H34NO4P. The van der Waals surface area contributed by atoms with Gasteiger partial charge in [0.25, 0.3) is 0 Å². The van der Waals surface area contributed by atoms with E-state index in [2.05, 4.69) is 36.5 Å². The van der Waals surface area contributed by atoms with Gasteiger partial charge in [-0.2, -0.15) is 0 Å². The van der Waals surface area contributed by atoms with Crippen LogP contribution in [0, 0.1) is 0 Å². The standard InChI is InChI=1S/C19H34NO4P/c1-2-3-4-5-6-7-14-24-17-19-11-9-18(10-12-19)16-20-13-8-15-25(21,22)23/h9-12,20H,2-8,13-17H2,1H3,(H2,21,22,23). The molecule has 0 spiro atoms. The third-order valence-electron chi connectivity index (χ3n) is 4.07. The molecular weight excluding hydrogens is 337 g/mol. The molecule has 0 atom stereocenters. The molecule has 0 saturated heterocycles. The first-order valence-electron chi connectivity index (χ1n) is 9.42. The van der Waals surface area contributed by atoms with Gasteiger partial charge >= 0.3 is 7.60 Å². The molecule has 144 valence electrons.